The van der Waals surface area contributed by atoms with Crippen molar-refractivity contribution < 1.29 is 14.3 Å². The van der Waals surface area contributed by atoms with Crippen molar-refractivity contribution >= 4 is 11.7 Å². The summed E-state index contributed by atoms with van der Waals surface area (Å²) >= 11 is 0. The molecule has 1 aromatic carbocycles. The highest BCUT2D eigenvalue weighted by molar-refractivity contribution is 5.94. The van der Waals surface area contributed by atoms with Crippen LogP contribution in [0.15, 0.2) is 18.2 Å². The highest BCUT2D eigenvalue weighted by Crippen LogP contribution is 2.21. The smallest absolute Gasteiger partial charge is 0.234 e. The maximum Gasteiger partial charge on any atom is 0.234 e. The third-order valence-electron chi connectivity index (χ3n) is 2.49. The Bertz CT molecular complexity index is 443. The Labute approximate surface area is 99.7 Å². The van der Waals surface area contributed by atoms with Gasteiger partial charge in [0.15, 0.2) is 5.78 Å². The number of ketones is 1. The molecule has 1 aromatic rings. The fraction of sp³-hybridized carbons (Fsp3) is 0.333. The predicted molar refractivity (Wildman–Crippen MR) is 63.9 cm³/mol. The second-order valence-electron chi connectivity index (χ2n) is 3.80. The van der Waals surface area contributed by atoms with Gasteiger partial charge in [0, 0.05) is 12.0 Å². The van der Waals surface area contributed by atoms with Gasteiger partial charge in [0.05, 0.1) is 13.2 Å². The van der Waals surface area contributed by atoms with E-state index in [9.17, 15) is 9.59 Å². The standard InChI is InChI=1S/C12H16N2O3/c1-7(15)8-3-4-11(17-2)9(5-8)6-10(13)12(14)16/h3-5,10H,6,13H2,1-2H3,(H2,14,16). The van der Waals surface area contributed by atoms with E-state index in [4.69, 9.17) is 16.2 Å². The molecule has 17 heavy (non-hydrogen) atoms. The molecule has 0 saturated heterocycles. The number of primary amides is 1. The van der Waals surface area contributed by atoms with Gasteiger partial charge in [0.25, 0.3) is 0 Å². The van der Waals surface area contributed by atoms with E-state index in [-0.39, 0.29) is 12.2 Å². The summed E-state index contributed by atoms with van der Waals surface area (Å²) in [5.41, 5.74) is 11.9. The van der Waals surface area contributed by atoms with Gasteiger partial charge in [-0.1, -0.05) is 0 Å². The number of methoxy groups -OCH3 is 1. The number of Topliss-reactive ketones (excluding diaryl/α,β-unsaturated/α-hetero) is 1. The normalized spacial score (nSPS) is 11.9. The summed E-state index contributed by atoms with van der Waals surface area (Å²) in [7, 11) is 1.52. The van der Waals surface area contributed by atoms with E-state index in [1.165, 1.54) is 14.0 Å². The van der Waals surface area contributed by atoms with Crippen molar-refractivity contribution in [1.29, 1.82) is 0 Å². The molecule has 1 atom stereocenters. The SMILES string of the molecule is COc1ccc(C(C)=O)cc1CC(N)C(N)=O. The van der Waals surface area contributed by atoms with Crippen LogP contribution in [0.1, 0.15) is 22.8 Å². The Balaban J connectivity index is 3.06. The molecule has 0 saturated carbocycles. The number of hydrogen-bond acceptors (Lipinski definition) is 4. The van der Waals surface area contributed by atoms with E-state index >= 15 is 0 Å². The van der Waals surface area contributed by atoms with Gasteiger partial charge in [0.2, 0.25) is 5.91 Å². The average molecular weight is 236 g/mol. The van der Waals surface area contributed by atoms with Gasteiger partial charge in [-0.15, -0.1) is 0 Å². The number of rotatable bonds is 5. The summed E-state index contributed by atoms with van der Waals surface area (Å²) in [6.45, 7) is 1.47. The molecule has 0 aliphatic rings. The van der Waals surface area contributed by atoms with E-state index in [0.29, 0.717) is 16.9 Å². The van der Waals surface area contributed by atoms with Crippen LogP contribution in [0, 0.1) is 0 Å². The molecule has 0 bridgehead atoms. The zero-order chi connectivity index (χ0) is 13.0. The van der Waals surface area contributed by atoms with Crippen LogP contribution in [0.5, 0.6) is 5.75 Å². The van der Waals surface area contributed by atoms with E-state index in [0.717, 1.165) is 0 Å². The lowest BCUT2D eigenvalue weighted by Crippen LogP contribution is -2.38. The van der Waals surface area contributed by atoms with Crippen molar-refractivity contribution in [2.45, 2.75) is 19.4 Å². The van der Waals surface area contributed by atoms with Crippen molar-refractivity contribution in [3.05, 3.63) is 29.3 Å². The van der Waals surface area contributed by atoms with Gasteiger partial charge >= 0.3 is 0 Å². The summed E-state index contributed by atoms with van der Waals surface area (Å²) in [5, 5.41) is 0. The molecule has 0 aromatic heterocycles. The van der Waals surface area contributed by atoms with Gasteiger partial charge in [-0.05, 0) is 30.7 Å². The number of benzene rings is 1. The Morgan fingerprint density at radius 3 is 2.53 bits per heavy atom. The average Bonchev–Trinajstić information content (AvgIpc) is 2.28. The van der Waals surface area contributed by atoms with Crippen LogP contribution in [0.2, 0.25) is 0 Å². The van der Waals surface area contributed by atoms with Crippen LogP contribution in [-0.4, -0.2) is 24.8 Å². The quantitative estimate of drug-likeness (QED) is 0.716. The first-order chi connectivity index (χ1) is 7.95. The molecule has 0 spiro atoms. The second kappa shape index (κ2) is 5.45. The maximum atomic E-state index is 11.3. The highest BCUT2D eigenvalue weighted by atomic mass is 16.5. The van der Waals surface area contributed by atoms with Crippen LogP contribution < -0.4 is 16.2 Å². The third-order valence-corrected chi connectivity index (χ3v) is 2.49. The Morgan fingerprint density at radius 1 is 1.41 bits per heavy atom. The third kappa shape index (κ3) is 3.29. The number of nitrogens with two attached hydrogens (primary N) is 2. The van der Waals surface area contributed by atoms with Crippen molar-refractivity contribution in [2.75, 3.05) is 7.11 Å². The first kappa shape index (κ1) is 13.2. The van der Waals surface area contributed by atoms with E-state index in [1.54, 1.807) is 18.2 Å². The van der Waals surface area contributed by atoms with E-state index < -0.39 is 11.9 Å². The van der Waals surface area contributed by atoms with Crippen molar-refractivity contribution in [3.8, 4) is 5.75 Å². The minimum absolute atomic E-state index is 0.0541. The summed E-state index contributed by atoms with van der Waals surface area (Å²) in [6.07, 6.45) is 0.250. The van der Waals surface area contributed by atoms with Gasteiger partial charge < -0.3 is 16.2 Å². The molecular formula is C12H16N2O3. The van der Waals surface area contributed by atoms with E-state index in [2.05, 4.69) is 0 Å². The Kier molecular flexibility index (Phi) is 4.23. The fourth-order valence-corrected chi connectivity index (χ4v) is 1.49. The van der Waals surface area contributed by atoms with Crippen molar-refractivity contribution in [1.82, 2.24) is 0 Å². The van der Waals surface area contributed by atoms with Gasteiger partial charge in [-0.3, -0.25) is 9.59 Å². The zero-order valence-electron chi connectivity index (χ0n) is 9.90. The van der Waals surface area contributed by atoms with Crippen LogP contribution >= 0.6 is 0 Å². The molecule has 4 N–H and O–H groups in total. The molecule has 0 aliphatic heterocycles. The highest BCUT2D eigenvalue weighted by Gasteiger charge is 2.14. The monoisotopic (exact) mass is 236 g/mol. The van der Waals surface area contributed by atoms with Gasteiger partial charge in [0.1, 0.15) is 5.75 Å². The molecule has 5 heteroatoms. The molecule has 1 rings (SSSR count). The first-order valence-corrected chi connectivity index (χ1v) is 5.18. The van der Waals surface area contributed by atoms with Gasteiger partial charge in [-0.2, -0.15) is 0 Å². The largest absolute Gasteiger partial charge is 0.496 e. The predicted octanol–water partition coefficient (Wildman–Crippen LogP) is 0.253. The van der Waals surface area contributed by atoms with Crippen LogP contribution in [0.3, 0.4) is 0 Å². The molecule has 0 radical (unpaired) electrons. The van der Waals surface area contributed by atoms with Crippen molar-refractivity contribution in [2.24, 2.45) is 11.5 Å². The molecule has 1 unspecified atom stereocenters. The Hall–Kier alpha value is -1.88. The molecule has 92 valence electrons. The Morgan fingerprint density at radius 2 is 2.06 bits per heavy atom. The molecular weight excluding hydrogens is 220 g/mol. The topological polar surface area (TPSA) is 95.4 Å². The van der Waals surface area contributed by atoms with Crippen LogP contribution in [-0.2, 0) is 11.2 Å². The van der Waals surface area contributed by atoms with Crippen molar-refractivity contribution in [3.63, 3.8) is 0 Å². The second-order valence-corrected chi connectivity index (χ2v) is 3.80. The van der Waals surface area contributed by atoms with Crippen LogP contribution in [0.25, 0.3) is 0 Å². The molecule has 5 nitrogen and oxygen atoms in total. The molecule has 1 amide bonds. The lowest BCUT2D eigenvalue weighted by atomic mass is 10.0. The first-order valence-electron chi connectivity index (χ1n) is 5.18. The number of carbonyl (C=O) groups is 2. The molecule has 0 aliphatic carbocycles. The minimum atomic E-state index is -0.786. The van der Waals surface area contributed by atoms with Crippen LogP contribution in [0.4, 0.5) is 0 Å². The fourth-order valence-electron chi connectivity index (χ4n) is 1.49. The number of hydrogen-bond donors (Lipinski definition) is 2. The lowest BCUT2D eigenvalue weighted by molar-refractivity contribution is -0.119. The molecule has 0 fully saturated rings. The number of ether oxygens (including phenoxy) is 1. The summed E-state index contributed by atoms with van der Waals surface area (Å²) < 4.78 is 5.14. The minimum Gasteiger partial charge on any atom is -0.496 e. The molecule has 0 heterocycles. The lowest BCUT2D eigenvalue weighted by Gasteiger charge is -2.12. The van der Waals surface area contributed by atoms with Gasteiger partial charge in [-0.25, -0.2) is 0 Å². The zero-order valence-corrected chi connectivity index (χ0v) is 9.90. The maximum absolute atomic E-state index is 11.3. The summed E-state index contributed by atoms with van der Waals surface area (Å²) in [6, 6.07) is 4.23. The van der Waals surface area contributed by atoms with E-state index in [1.807, 2.05) is 0 Å². The summed E-state index contributed by atoms with van der Waals surface area (Å²) in [4.78, 5) is 22.2. The summed E-state index contributed by atoms with van der Waals surface area (Å²) in [5.74, 6) is -0.0477. The number of amides is 1. The number of carbonyl (C=O) groups excluding carboxylic acids is 2.